The molecule has 19 heavy (non-hydrogen) atoms. The van der Waals surface area contributed by atoms with Crippen molar-refractivity contribution in [3.05, 3.63) is 33.7 Å². The third-order valence-corrected chi connectivity index (χ3v) is 4.06. The highest BCUT2D eigenvalue weighted by atomic mass is 16.1. The fraction of sp³-hybridized carbons (Fsp3) is 0.571. The van der Waals surface area contributed by atoms with Gasteiger partial charge in [-0.05, 0) is 30.5 Å². The van der Waals surface area contributed by atoms with Gasteiger partial charge in [0.2, 0.25) is 5.91 Å². The third kappa shape index (κ3) is 2.42. The van der Waals surface area contributed by atoms with Crippen molar-refractivity contribution in [2.45, 2.75) is 32.4 Å². The van der Waals surface area contributed by atoms with E-state index in [-0.39, 0.29) is 11.5 Å². The van der Waals surface area contributed by atoms with Gasteiger partial charge in [-0.2, -0.15) is 0 Å². The van der Waals surface area contributed by atoms with Gasteiger partial charge in [-0.1, -0.05) is 0 Å². The van der Waals surface area contributed by atoms with Gasteiger partial charge in [0.1, 0.15) is 0 Å². The van der Waals surface area contributed by atoms with Crippen LogP contribution in [0.15, 0.2) is 16.9 Å². The molecule has 0 aliphatic carbocycles. The van der Waals surface area contributed by atoms with Gasteiger partial charge < -0.3 is 15.2 Å². The first-order valence-corrected chi connectivity index (χ1v) is 6.82. The second kappa shape index (κ2) is 4.81. The Hall–Kier alpha value is -1.62. The molecule has 2 aliphatic heterocycles. The zero-order chi connectivity index (χ0) is 13.4. The van der Waals surface area contributed by atoms with E-state index in [0.717, 1.165) is 37.3 Å². The van der Waals surface area contributed by atoms with Crippen LogP contribution >= 0.6 is 0 Å². The Bertz CT molecular complexity index is 564. The summed E-state index contributed by atoms with van der Waals surface area (Å²) >= 11 is 0. The number of nitrogens with one attached hydrogen (secondary N) is 2. The highest BCUT2D eigenvalue weighted by molar-refractivity contribution is 5.72. The van der Waals surface area contributed by atoms with Gasteiger partial charge >= 0.3 is 0 Å². The van der Waals surface area contributed by atoms with E-state index in [1.807, 2.05) is 4.57 Å². The Morgan fingerprint density at radius 3 is 3.11 bits per heavy atom. The van der Waals surface area contributed by atoms with Crippen molar-refractivity contribution in [2.24, 2.45) is 5.92 Å². The molecule has 0 spiro atoms. The number of nitrogens with zero attached hydrogens (tertiary/aromatic N) is 1. The number of piperidine rings is 1. The molecule has 5 heteroatoms. The predicted octanol–water partition coefficient (Wildman–Crippen LogP) is 0.191. The first-order valence-electron chi connectivity index (χ1n) is 6.82. The molecule has 1 unspecified atom stereocenters. The van der Waals surface area contributed by atoms with Gasteiger partial charge in [-0.25, -0.2) is 0 Å². The monoisotopic (exact) mass is 261 g/mol. The topological polar surface area (TPSA) is 63.1 Å². The molecular formula is C14H19N3O2. The number of amides is 1. The van der Waals surface area contributed by atoms with Gasteiger partial charge in [0.25, 0.3) is 5.56 Å². The first kappa shape index (κ1) is 12.4. The van der Waals surface area contributed by atoms with Crippen LogP contribution in [0.5, 0.6) is 0 Å². The van der Waals surface area contributed by atoms with Gasteiger partial charge in [-0.15, -0.1) is 0 Å². The minimum atomic E-state index is -0.0720. The van der Waals surface area contributed by atoms with Crippen LogP contribution in [0.25, 0.3) is 0 Å². The van der Waals surface area contributed by atoms with Crippen LogP contribution in [-0.2, 0) is 17.9 Å². The molecule has 5 nitrogen and oxygen atoms in total. The molecule has 3 rings (SSSR count). The fourth-order valence-corrected chi connectivity index (χ4v) is 3.19. The summed E-state index contributed by atoms with van der Waals surface area (Å²) in [6.07, 6.45) is 1.16. The number of rotatable bonds is 2. The molecule has 3 heterocycles. The second-order valence-electron chi connectivity index (χ2n) is 5.60. The van der Waals surface area contributed by atoms with Gasteiger partial charge in [0.15, 0.2) is 0 Å². The maximum Gasteiger partial charge on any atom is 0.251 e. The van der Waals surface area contributed by atoms with Gasteiger partial charge in [0.05, 0.1) is 0 Å². The molecule has 1 fully saturated rings. The Labute approximate surface area is 112 Å². The maximum absolute atomic E-state index is 12.2. The highest BCUT2D eigenvalue weighted by Crippen LogP contribution is 2.31. The van der Waals surface area contributed by atoms with Gasteiger partial charge in [-0.3, -0.25) is 9.59 Å². The summed E-state index contributed by atoms with van der Waals surface area (Å²) < 4.78 is 1.91. The van der Waals surface area contributed by atoms with Crippen molar-refractivity contribution >= 4 is 5.91 Å². The van der Waals surface area contributed by atoms with Crippen LogP contribution in [0.1, 0.15) is 30.5 Å². The predicted molar refractivity (Wildman–Crippen MR) is 71.9 cm³/mol. The van der Waals surface area contributed by atoms with Crippen LogP contribution < -0.4 is 16.2 Å². The average Bonchev–Trinajstić information content (AvgIpc) is 2.38. The van der Waals surface area contributed by atoms with Crippen molar-refractivity contribution in [3.63, 3.8) is 0 Å². The molecule has 0 radical (unpaired) electrons. The number of fused-ring (bicyclic) bond motifs is 4. The molecule has 1 aromatic rings. The Morgan fingerprint density at radius 1 is 1.47 bits per heavy atom. The van der Waals surface area contributed by atoms with Crippen LogP contribution in [0, 0.1) is 5.92 Å². The number of carbonyl (C=O) groups is 1. The van der Waals surface area contributed by atoms with Gasteiger partial charge in [0, 0.05) is 44.2 Å². The molecule has 102 valence electrons. The zero-order valence-electron chi connectivity index (χ0n) is 11.1. The van der Waals surface area contributed by atoms with Crippen molar-refractivity contribution in [3.8, 4) is 0 Å². The minimum absolute atomic E-state index is 0.0643. The first-order chi connectivity index (χ1) is 9.13. The lowest BCUT2D eigenvalue weighted by Gasteiger charge is -2.37. The Morgan fingerprint density at radius 2 is 2.32 bits per heavy atom. The van der Waals surface area contributed by atoms with E-state index >= 15 is 0 Å². The third-order valence-electron chi connectivity index (χ3n) is 4.06. The normalized spacial score (nSPS) is 24.7. The summed E-state index contributed by atoms with van der Waals surface area (Å²) in [7, 11) is 0. The van der Waals surface area contributed by atoms with E-state index in [0.29, 0.717) is 18.4 Å². The van der Waals surface area contributed by atoms with E-state index in [4.69, 9.17) is 0 Å². The highest BCUT2D eigenvalue weighted by Gasteiger charge is 2.30. The van der Waals surface area contributed by atoms with E-state index in [2.05, 4.69) is 16.7 Å². The van der Waals surface area contributed by atoms with Crippen LogP contribution in [0.2, 0.25) is 0 Å². The van der Waals surface area contributed by atoms with Crippen LogP contribution in [-0.4, -0.2) is 23.6 Å². The van der Waals surface area contributed by atoms with Crippen LogP contribution in [0.4, 0.5) is 0 Å². The van der Waals surface area contributed by atoms with Crippen molar-refractivity contribution in [1.82, 2.24) is 15.2 Å². The number of pyridine rings is 1. The quantitative estimate of drug-likeness (QED) is 0.799. The van der Waals surface area contributed by atoms with E-state index < -0.39 is 0 Å². The number of carbonyl (C=O) groups excluding carboxylic acids is 1. The van der Waals surface area contributed by atoms with E-state index in [1.165, 1.54) is 6.92 Å². The Kier molecular flexibility index (Phi) is 3.14. The lowest BCUT2D eigenvalue weighted by Crippen LogP contribution is -2.45. The van der Waals surface area contributed by atoms with E-state index in [9.17, 15) is 9.59 Å². The molecule has 1 amide bonds. The largest absolute Gasteiger partial charge is 0.352 e. The smallest absolute Gasteiger partial charge is 0.251 e. The number of hydrogen-bond acceptors (Lipinski definition) is 3. The van der Waals surface area contributed by atoms with Crippen molar-refractivity contribution in [1.29, 1.82) is 0 Å². The molecule has 0 aromatic carbocycles. The SMILES string of the molecule is CC(=O)NCc1cc2n(c(=O)c1)CC1CNC[C@H]2C1. The van der Waals surface area contributed by atoms with Crippen LogP contribution in [0.3, 0.4) is 0 Å². The molecule has 1 saturated heterocycles. The summed E-state index contributed by atoms with van der Waals surface area (Å²) in [6, 6.07) is 3.72. The summed E-state index contributed by atoms with van der Waals surface area (Å²) in [5.74, 6) is 0.930. The lowest BCUT2D eigenvalue weighted by molar-refractivity contribution is -0.119. The molecular weight excluding hydrogens is 242 g/mol. The molecule has 2 atom stereocenters. The number of aromatic nitrogens is 1. The zero-order valence-corrected chi connectivity index (χ0v) is 11.1. The maximum atomic E-state index is 12.2. The number of hydrogen-bond donors (Lipinski definition) is 2. The average molecular weight is 261 g/mol. The van der Waals surface area contributed by atoms with Crippen molar-refractivity contribution in [2.75, 3.05) is 13.1 Å². The second-order valence-corrected chi connectivity index (χ2v) is 5.60. The molecule has 2 aliphatic rings. The summed E-state index contributed by atoms with van der Waals surface area (Å²) in [5.41, 5.74) is 2.08. The molecule has 2 bridgehead atoms. The van der Waals surface area contributed by atoms with E-state index in [1.54, 1.807) is 6.07 Å². The summed E-state index contributed by atoms with van der Waals surface area (Å²) in [5, 5.41) is 6.18. The summed E-state index contributed by atoms with van der Waals surface area (Å²) in [6.45, 7) is 4.69. The minimum Gasteiger partial charge on any atom is -0.352 e. The molecule has 1 aromatic heterocycles. The van der Waals surface area contributed by atoms with Crippen molar-refractivity contribution < 1.29 is 4.79 Å². The fourth-order valence-electron chi connectivity index (χ4n) is 3.19. The lowest BCUT2D eigenvalue weighted by atomic mass is 9.84. The summed E-state index contributed by atoms with van der Waals surface area (Å²) in [4.78, 5) is 23.1. The Balaban J connectivity index is 1.94. The standard InChI is InChI=1S/C14H19N3O2/c1-9(18)16-6-10-3-13-12-2-11(5-15-7-12)8-17(13)14(19)4-10/h3-4,11-12,15H,2,5-8H2,1H3,(H,16,18)/t11?,12-/m1/s1. The molecule has 2 N–H and O–H groups in total. The molecule has 0 saturated carbocycles.